The summed E-state index contributed by atoms with van der Waals surface area (Å²) in [5.41, 5.74) is -0.773. The molecule has 0 aliphatic carbocycles. The van der Waals surface area contributed by atoms with Crippen molar-refractivity contribution in [3.8, 4) is 0 Å². The second-order valence-electron chi connectivity index (χ2n) is 5.38. The fraction of sp³-hybridized carbons (Fsp3) is 0.250. The minimum Gasteiger partial charge on any atom is -0.475 e. The van der Waals surface area contributed by atoms with Gasteiger partial charge in [0.05, 0.1) is 17.7 Å². The molecule has 1 aliphatic rings. The number of amides is 1. The van der Waals surface area contributed by atoms with E-state index in [1.807, 2.05) is 0 Å². The third-order valence-electron chi connectivity index (χ3n) is 3.84. The lowest BCUT2D eigenvalue weighted by Crippen LogP contribution is -2.36. The zero-order valence-electron chi connectivity index (χ0n) is 12.3. The minimum atomic E-state index is -4.63. The van der Waals surface area contributed by atoms with E-state index in [9.17, 15) is 22.8 Å². The highest BCUT2D eigenvalue weighted by Crippen LogP contribution is 2.33. The molecule has 8 heteroatoms. The normalized spacial score (nSPS) is 14.4. The van der Waals surface area contributed by atoms with Crippen molar-refractivity contribution in [2.24, 2.45) is 0 Å². The standard InChI is InChI=1S/C16H12F3NO4/c17-16(18,19)11-4-2-1-3-10(11)14(21)20-6-5-9-7-12(15(22)23)24-13(9)8-20/h1-4,7H,5-6,8H2,(H,22,23). The molecule has 0 atom stereocenters. The lowest BCUT2D eigenvalue weighted by Gasteiger charge is -2.27. The van der Waals surface area contributed by atoms with Gasteiger partial charge in [-0.3, -0.25) is 4.79 Å². The second-order valence-corrected chi connectivity index (χ2v) is 5.38. The summed E-state index contributed by atoms with van der Waals surface area (Å²) < 4.78 is 44.3. The number of carboxylic acids is 1. The van der Waals surface area contributed by atoms with E-state index < -0.39 is 29.2 Å². The van der Waals surface area contributed by atoms with E-state index in [2.05, 4.69) is 0 Å². The number of carboxylic acid groups (broad SMARTS) is 1. The zero-order valence-corrected chi connectivity index (χ0v) is 12.3. The quantitative estimate of drug-likeness (QED) is 0.912. The van der Waals surface area contributed by atoms with Crippen LogP contribution in [0.1, 0.15) is 37.8 Å². The predicted octanol–water partition coefficient (Wildman–Crippen LogP) is 3.20. The maximum absolute atomic E-state index is 13.1. The monoisotopic (exact) mass is 339 g/mol. The van der Waals surface area contributed by atoms with Gasteiger partial charge in [0.15, 0.2) is 0 Å². The van der Waals surface area contributed by atoms with Crippen LogP contribution in [0, 0.1) is 0 Å². The number of benzene rings is 1. The van der Waals surface area contributed by atoms with Crippen LogP contribution in [-0.2, 0) is 19.1 Å². The van der Waals surface area contributed by atoms with E-state index in [0.717, 1.165) is 12.1 Å². The molecule has 0 unspecified atom stereocenters. The Kier molecular flexibility index (Phi) is 3.82. The largest absolute Gasteiger partial charge is 0.475 e. The maximum Gasteiger partial charge on any atom is 0.417 e. The third kappa shape index (κ3) is 2.86. The van der Waals surface area contributed by atoms with Gasteiger partial charge in [-0.05, 0) is 30.2 Å². The molecule has 0 saturated carbocycles. The van der Waals surface area contributed by atoms with Gasteiger partial charge in [0.25, 0.3) is 5.91 Å². The lowest BCUT2D eigenvalue weighted by atomic mass is 10.0. The molecule has 0 fully saturated rings. The van der Waals surface area contributed by atoms with Gasteiger partial charge in [0.1, 0.15) is 5.76 Å². The second kappa shape index (κ2) is 5.70. The Labute approximate surface area is 134 Å². The first-order valence-electron chi connectivity index (χ1n) is 7.07. The third-order valence-corrected chi connectivity index (χ3v) is 3.84. The molecule has 24 heavy (non-hydrogen) atoms. The van der Waals surface area contributed by atoms with E-state index in [0.29, 0.717) is 12.0 Å². The number of furan rings is 1. The predicted molar refractivity (Wildman–Crippen MR) is 75.6 cm³/mol. The van der Waals surface area contributed by atoms with Gasteiger partial charge in [0, 0.05) is 6.54 Å². The molecule has 1 aromatic carbocycles. The van der Waals surface area contributed by atoms with Gasteiger partial charge in [-0.25, -0.2) is 4.79 Å². The Balaban J connectivity index is 1.89. The Hall–Kier alpha value is -2.77. The number of hydrogen-bond donors (Lipinski definition) is 1. The summed E-state index contributed by atoms with van der Waals surface area (Å²) in [6.07, 6.45) is -4.31. The molecule has 5 nitrogen and oxygen atoms in total. The first-order valence-corrected chi connectivity index (χ1v) is 7.07. The Morgan fingerprint density at radius 2 is 1.92 bits per heavy atom. The zero-order chi connectivity index (χ0) is 17.5. The Morgan fingerprint density at radius 1 is 1.21 bits per heavy atom. The van der Waals surface area contributed by atoms with Gasteiger partial charge in [-0.2, -0.15) is 13.2 Å². The number of carbonyl (C=O) groups is 2. The van der Waals surface area contributed by atoms with E-state index in [1.54, 1.807) is 0 Å². The van der Waals surface area contributed by atoms with Crippen molar-refractivity contribution >= 4 is 11.9 Å². The number of alkyl halides is 3. The van der Waals surface area contributed by atoms with E-state index in [-0.39, 0.29) is 24.6 Å². The lowest BCUT2D eigenvalue weighted by molar-refractivity contribution is -0.138. The average molecular weight is 339 g/mol. The van der Waals surface area contributed by atoms with Crippen molar-refractivity contribution in [2.75, 3.05) is 6.54 Å². The Morgan fingerprint density at radius 3 is 2.58 bits per heavy atom. The summed E-state index contributed by atoms with van der Waals surface area (Å²) >= 11 is 0. The van der Waals surface area contributed by atoms with E-state index in [4.69, 9.17) is 9.52 Å². The van der Waals surface area contributed by atoms with Crippen LogP contribution in [0.2, 0.25) is 0 Å². The Bertz CT molecular complexity index is 810. The smallest absolute Gasteiger partial charge is 0.417 e. The van der Waals surface area contributed by atoms with E-state index >= 15 is 0 Å². The molecular formula is C16H12F3NO4. The molecule has 0 saturated heterocycles. The summed E-state index contributed by atoms with van der Waals surface area (Å²) in [7, 11) is 0. The number of aromatic carboxylic acids is 1. The number of fused-ring (bicyclic) bond motifs is 1. The van der Waals surface area contributed by atoms with Crippen molar-refractivity contribution in [3.05, 3.63) is 58.5 Å². The topological polar surface area (TPSA) is 70.8 Å². The summed E-state index contributed by atoms with van der Waals surface area (Å²) in [4.78, 5) is 24.6. The van der Waals surface area contributed by atoms with Crippen molar-refractivity contribution in [1.82, 2.24) is 4.90 Å². The number of rotatable bonds is 2. The van der Waals surface area contributed by atoms with Crippen molar-refractivity contribution < 1.29 is 32.3 Å². The maximum atomic E-state index is 13.1. The highest BCUT2D eigenvalue weighted by atomic mass is 19.4. The summed E-state index contributed by atoms with van der Waals surface area (Å²) in [6.45, 7) is 0.129. The summed E-state index contributed by atoms with van der Waals surface area (Å²) in [6, 6.07) is 5.96. The molecule has 0 spiro atoms. The molecule has 1 aromatic heterocycles. The molecule has 1 amide bonds. The molecular weight excluding hydrogens is 327 g/mol. The van der Waals surface area contributed by atoms with Crippen LogP contribution in [0.15, 0.2) is 34.7 Å². The van der Waals surface area contributed by atoms with E-state index in [1.165, 1.54) is 23.1 Å². The van der Waals surface area contributed by atoms with Gasteiger partial charge in [0.2, 0.25) is 5.76 Å². The van der Waals surface area contributed by atoms with Gasteiger partial charge < -0.3 is 14.4 Å². The summed E-state index contributed by atoms with van der Waals surface area (Å²) in [5, 5.41) is 8.91. The molecule has 1 N–H and O–H groups in total. The van der Waals surface area contributed by atoms with Crippen molar-refractivity contribution in [3.63, 3.8) is 0 Å². The molecule has 1 aliphatic heterocycles. The molecule has 2 aromatic rings. The molecule has 3 rings (SSSR count). The van der Waals surface area contributed by atoms with Gasteiger partial charge in [-0.1, -0.05) is 12.1 Å². The van der Waals surface area contributed by atoms with Gasteiger partial charge in [-0.15, -0.1) is 0 Å². The fourth-order valence-electron chi connectivity index (χ4n) is 2.69. The number of hydrogen-bond acceptors (Lipinski definition) is 3. The highest BCUT2D eigenvalue weighted by Gasteiger charge is 2.36. The number of carbonyl (C=O) groups excluding carboxylic acids is 1. The van der Waals surface area contributed by atoms with Crippen LogP contribution in [-0.4, -0.2) is 28.4 Å². The first-order chi connectivity index (χ1) is 11.3. The average Bonchev–Trinajstić information content (AvgIpc) is 2.96. The van der Waals surface area contributed by atoms with Crippen LogP contribution in [0.3, 0.4) is 0 Å². The first kappa shape index (κ1) is 16.1. The van der Waals surface area contributed by atoms with Crippen LogP contribution in [0.4, 0.5) is 13.2 Å². The van der Waals surface area contributed by atoms with Crippen LogP contribution in [0.5, 0.6) is 0 Å². The van der Waals surface area contributed by atoms with Crippen molar-refractivity contribution in [1.29, 1.82) is 0 Å². The fourth-order valence-corrected chi connectivity index (χ4v) is 2.69. The van der Waals surface area contributed by atoms with Crippen LogP contribution >= 0.6 is 0 Å². The SMILES string of the molecule is O=C(O)c1cc2c(o1)CN(C(=O)c1ccccc1C(F)(F)F)CC2. The molecule has 126 valence electrons. The van der Waals surface area contributed by atoms with Crippen molar-refractivity contribution in [2.45, 2.75) is 19.1 Å². The summed E-state index contributed by atoms with van der Waals surface area (Å²) in [5.74, 6) is -1.95. The van der Waals surface area contributed by atoms with Crippen LogP contribution in [0.25, 0.3) is 0 Å². The van der Waals surface area contributed by atoms with Gasteiger partial charge >= 0.3 is 12.1 Å². The molecule has 0 radical (unpaired) electrons. The molecule has 2 heterocycles. The number of halogens is 3. The minimum absolute atomic E-state index is 0.0619. The highest BCUT2D eigenvalue weighted by molar-refractivity contribution is 5.96. The number of nitrogens with zero attached hydrogens (tertiary/aromatic N) is 1. The molecule has 0 bridgehead atoms. The van der Waals surface area contributed by atoms with Crippen LogP contribution < -0.4 is 0 Å².